The number of sulfonamides is 1. The molecule has 1 aliphatic heterocycles. The largest absolute Gasteiger partial charge is 0.339 e. The van der Waals surface area contributed by atoms with E-state index in [2.05, 4.69) is 10.2 Å². The van der Waals surface area contributed by atoms with Crippen molar-refractivity contribution in [3.63, 3.8) is 0 Å². The number of hydrogen-bond acceptors (Lipinski definition) is 6. The Morgan fingerprint density at radius 3 is 2.56 bits per heavy atom. The number of piperazine rings is 1. The third-order valence-corrected chi connectivity index (χ3v) is 8.01. The molecule has 1 amide bonds. The zero-order chi connectivity index (χ0) is 22.7. The van der Waals surface area contributed by atoms with Crippen LogP contribution >= 0.6 is 23.4 Å². The zero-order valence-corrected chi connectivity index (χ0v) is 19.2. The highest BCUT2D eigenvalue weighted by atomic mass is 35.5. The molecule has 1 aromatic heterocycles. The summed E-state index contributed by atoms with van der Waals surface area (Å²) in [6.07, 6.45) is 1.55. The van der Waals surface area contributed by atoms with Gasteiger partial charge >= 0.3 is 0 Å². The highest BCUT2D eigenvalue weighted by Gasteiger charge is 2.30. The van der Waals surface area contributed by atoms with E-state index in [1.165, 1.54) is 34.3 Å². The summed E-state index contributed by atoms with van der Waals surface area (Å²) in [6, 6.07) is 12.1. The average Bonchev–Trinajstić information content (AvgIpc) is 3.26. The molecule has 2 aromatic carbocycles. The first-order valence-corrected chi connectivity index (χ1v) is 12.5. The van der Waals surface area contributed by atoms with E-state index >= 15 is 0 Å². The first-order chi connectivity index (χ1) is 15.3. The fourth-order valence-electron chi connectivity index (χ4n) is 3.30. The van der Waals surface area contributed by atoms with Gasteiger partial charge in [0.15, 0.2) is 5.16 Å². The lowest BCUT2D eigenvalue weighted by atomic mass is 10.3. The van der Waals surface area contributed by atoms with Gasteiger partial charge in [-0.1, -0.05) is 35.5 Å². The van der Waals surface area contributed by atoms with Crippen molar-refractivity contribution in [1.29, 1.82) is 0 Å². The Labute approximate surface area is 194 Å². The van der Waals surface area contributed by atoms with Crippen LogP contribution in [0.25, 0.3) is 5.69 Å². The van der Waals surface area contributed by atoms with Gasteiger partial charge in [-0.05, 0) is 36.4 Å². The van der Waals surface area contributed by atoms with Crippen LogP contribution in [0.3, 0.4) is 0 Å². The molecule has 0 atom stereocenters. The van der Waals surface area contributed by atoms with E-state index < -0.39 is 15.8 Å². The van der Waals surface area contributed by atoms with Crippen molar-refractivity contribution < 1.29 is 17.6 Å². The minimum atomic E-state index is -3.80. The Morgan fingerprint density at radius 1 is 1.09 bits per heavy atom. The predicted molar refractivity (Wildman–Crippen MR) is 119 cm³/mol. The van der Waals surface area contributed by atoms with Crippen molar-refractivity contribution in [3.05, 3.63) is 65.7 Å². The molecule has 1 saturated heterocycles. The maximum Gasteiger partial charge on any atom is 0.243 e. The second kappa shape index (κ2) is 9.57. The molecule has 168 valence electrons. The molecule has 0 radical (unpaired) electrons. The number of thioether (sulfide) groups is 1. The summed E-state index contributed by atoms with van der Waals surface area (Å²) >= 11 is 7.29. The summed E-state index contributed by atoms with van der Waals surface area (Å²) < 4.78 is 41.9. The second-order valence-electron chi connectivity index (χ2n) is 6.99. The first kappa shape index (κ1) is 22.7. The summed E-state index contributed by atoms with van der Waals surface area (Å²) in [5.74, 6) is -0.600. The van der Waals surface area contributed by atoms with E-state index in [9.17, 15) is 17.6 Å². The summed E-state index contributed by atoms with van der Waals surface area (Å²) in [7, 11) is -3.80. The predicted octanol–water partition coefficient (Wildman–Crippen LogP) is 2.69. The molecule has 0 bridgehead atoms. The minimum Gasteiger partial charge on any atom is -0.339 e. The average molecular weight is 496 g/mol. The van der Waals surface area contributed by atoms with Gasteiger partial charge in [0.1, 0.15) is 12.1 Å². The van der Waals surface area contributed by atoms with E-state index in [0.717, 1.165) is 11.8 Å². The standard InChI is InChI=1S/C20H19ClFN5O3S2/c21-15-3-1-5-17(11-15)27-14-23-24-20(27)31-13-19(28)25-7-9-26(10-8-25)32(29,30)18-6-2-4-16(22)12-18/h1-6,11-12,14H,7-10,13H2. The van der Waals surface area contributed by atoms with Crippen LogP contribution in [0.4, 0.5) is 4.39 Å². The number of nitrogens with zero attached hydrogens (tertiary/aromatic N) is 5. The van der Waals surface area contributed by atoms with Crippen LogP contribution in [0, 0.1) is 5.82 Å². The van der Waals surface area contributed by atoms with E-state index in [1.54, 1.807) is 27.9 Å². The van der Waals surface area contributed by atoms with Crippen LogP contribution in [-0.2, 0) is 14.8 Å². The third kappa shape index (κ3) is 4.96. The van der Waals surface area contributed by atoms with Crippen LogP contribution in [-0.4, -0.2) is 70.2 Å². The highest BCUT2D eigenvalue weighted by molar-refractivity contribution is 7.99. The maximum atomic E-state index is 13.4. The van der Waals surface area contributed by atoms with Crippen LogP contribution in [0.5, 0.6) is 0 Å². The van der Waals surface area contributed by atoms with Gasteiger partial charge < -0.3 is 4.90 Å². The van der Waals surface area contributed by atoms with Crippen molar-refractivity contribution in [2.45, 2.75) is 10.1 Å². The fraction of sp³-hybridized carbons (Fsp3) is 0.250. The number of aromatic nitrogens is 3. The Bertz CT molecular complexity index is 1230. The lowest BCUT2D eigenvalue weighted by Gasteiger charge is -2.34. The SMILES string of the molecule is O=C(CSc1nncn1-c1cccc(Cl)c1)N1CCN(S(=O)(=O)c2cccc(F)c2)CC1. The minimum absolute atomic E-state index is 0.0896. The zero-order valence-electron chi connectivity index (χ0n) is 16.8. The molecule has 4 rings (SSSR count). The lowest BCUT2D eigenvalue weighted by molar-refractivity contribution is -0.129. The molecular formula is C20H19ClFN5O3S2. The number of amides is 1. The summed E-state index contributed by atoms with van der Waals surface area (Å²) in [4.78, 5) is 14.2. The molecule has 1 aliphatic rings. The molecular weight excluding hydrogens is 477 g/mol. The Balaban J connectivity index is 1.35. The molecule has 0 unspecified atom stereocenters. The summed E-state index contributed by atoms with van der Waals surface area (Å²) in [5, 5.41) is 9.11. The van der Waals surface area contributed by atoms with Gasteiger partial charge in [0.05, 0.1) is 16.3 Å². The van der Waals surface area contributed by atoms with E-state index in [0.29, 0.717) is 10.2 Å². The van der Waals surface area contributed by atoms with Crippen LogP contribution in [0.2, 0.25) is 5.02 Å². The molecule has 12 heteroatoms. The van der Waals surface area contributed by atoms with Crippen molar-refractivity contribution >= 4 is 39.3 Å². The van der Waals surface area contributed by atoms with Crippen molar-refractivity contribution in [3.8, 4) is 5.69 Å². The first-order valence-electron chi connectivity index (χ1n) is 9.67. The topological polar surface area (TPSA) is 88.4 Å². The summed E-state index contributed by atoms with van der Waals surface area (Å²) in [6.45, 7) is 0.811. The van der Waals surface area contributed by atoms with E-state index in [1.807, 2.05) is 12.1 Å². The highest BCUT2D eigenvalue weighted by Crippen LogP contribution is 2.23. The fourth-order valence-corrected chi connectivity index (χ4v) is 5.77. The Hall–Kier alpha value is -2.47. The molecule has 0 N–H and O–H groups in total. The molecule has 0 saturated carbocycles. The number of halogens is 2. The molecule has 8 nitrogen and oxygen atoms in total. The van der Waals surface area contributed by atoms with Crippen molar-refractivity contribution in [2.24, 2.45) is 0 Å². The van der Waals surface area contributed by atoms with E-state index in [-0.39, 0.29) is 42.7 Å². The Kier molecular flexibility index (Phi) is 6.79. The Morgan fingerprint density at radius 2 is 1.84 bits per heavy atom. The lowest BCUT2D eigenvalue weighted by Crippen LogP contribution is -2.51. The molecule has 3 aromatic rings. The smallest absolute Gasteiger partial charge is 0.243 e. The molecule has 0 spiro atoms. The van der Waals surface area contributed by atoms with E-state index in [4.69, 9.17) is 11.6 Å². The molecule has 32 heavy (non-hydrogen) atoms. The van der Waals surface area contributed by atoms with Gasteiger partial charge in [0.25, 0.3) is 0 Å². The van der Waals surface area contributed by atoms with Gasteiger partial charge in [0, 0.05) is 31.2 Å². The van der Waals surface area contributed by atoms with Crippen molar-refractivity contribution in [1.82, 2.24) is 24.0 Å². The second-order valence-corrected chi connectivity index (χ2v) is 10.3. The third-order valence-electron chi connectivity index (χ3n) is 4.95. The normalized spacial score (nSPS) is 15.1. The number of carbonyl (C=O) groups is 1. The van der Waals surface area contributed by atoms with Gasteiger partial charge in [-0.3, -0.25) is 9.36 Å². The quantitative estimate of drug-likeness (QED) is 0.488. The number of benzene rings is 2. The van der Waals surface area contributed by atoms with Gasteiger partial charge in [-0.15, -0.1) is 10.2 Å². The maximum absolute atomic E-state index is 13.4. The summed E-state index contributed by atoms with van der Waals surface area (Å²) in [5.41, 5.74) is 0.786. The van der Waals surface area contributed by atoms with Gasteiger partial charge in [-0.2, -0.15) is 4.31 Å². The van der Waals surface area contributed by atoms with Crippen LogP contribution in [0.1, 0.15) is 0 Å². The number of rotatable bonds is 6. The number of hydrogen-bond donors (Lipinski definition) is 0. The van der Waals surface area contributed by atoms with Crippen LogP contribution in [0.15, 0.2) is 64.9 Å². The monoisotopic (exact) mass is 495 g/mol. The van der Waals surface area contributed by atoms with Crippen LogP contribution < -0.4 is 0 Å². The van der Waals surface area contributed by atoms with Crippen molar-refractivity contribution in [2.75, 3.05) is 31.9 Å². The molecule has 2 heterocycles. The number of carbonyl (C=O) groups excluding carboxylic acids is 1. The van der Waals surface area contributed by atoms with Gasteiger partial charge in [-0.25, -0.2) is 12.8 Å². The molecule has 0 aliphatic carbocycles. The molecule has 1 fully saturated rings. The van der Waals surface area contributed by atoms with Gasteiger partial charge in [0.2, 0.25) is 15.9 Å².